The molecule has 21 heavy (non-hydrogen) atoms. The molecule has 118 valence electrons. The summed E-state index contributed by atoms with van der Waals surface area (Å²) in [7, 11) is 5.42. The highest BCUT2D eigenvalue weighted by Crippen LogP contribution is 2.18. The van der Waals surface area contributed by atoms with Crippen molar-refractivity contribution >= 4 is 5.78 Å². The van der Waals surface area contributed by atoms with E-state index in [0.717, 1.165) is 26.1 Å². The Morgan fingerprint density at radius 1 is 1.24 bits per heavy atom. The first-order valence-corrected chi connectivity index (χ1v) is 7.21. The molecule has 1 rings (SSSR count). The monoisotopic (exact) mass is 296 g/mol. The van der Waals surface area contributed by atoms with E-state index in [1.165, 1.54) is 19.2 Å². The van der Waals surface area contributed by atoms with Gasteiger partial charge in [-0.2, -0.15) is 0 Å². The van der Waals surface area contributed by atoms with E-state index in [4.69, 9.17) is 4.74 Å². The van der Waals surface area contributed by atoms with Crippen LogP contribution in [0.5, 0.6) is 5.75 Å². The van der Waals surface area contributed by atoms with E-state index < -0.39 is 5.82 Å². The zero-order chi connectivity index (χ0) is 15.8. The van der Waals surface area contributed by atoms with Gasteiger partial charge in [-0.1, -0.05) is 6.92 Å². The second-order valence-electron chi connectivity index (χ2n) is 5.35. The lowest BCUT2D eigenvalue weighted by molar-refractivity contribution is 0.0924. The van der Waals surface area contributed by atoms with Crippen molar-refractivity contribution in [2.45, 2.75) is 13.3 Å². The lowest BCUT2D eigenvalue weighted by atomic mass is 10.1. The highest BCUT2D eigenvalue weighted by Gasteiger charge is 2.14. The summed E-state index contributed by atoms with van der Waals surface area (Å²) in [5, 5.41) is 0. The Hall–Kier alpha value is -1.46. The van der Waals surface area contributed by atoms with E-state index in [2.05, 4.69) is 16.7 Å². The van der Waals surface area contributed by atoms with Gasteiger partial charge >= 0.3 is 0 Å². The van der Waals surface area contributed by atoms with Crippen LogP contribution in [0.1, 0.15) is 23.7 Å². The molecule has 0 amide bonds. The number of benzene rings is 1. The minimum absolute atomic E-state index is 0.0660. The Morgan fingerprint density at radius 3 is 2.48 bits per heavy atom. The largest absolute Gasteiger partial charge is 0.494 e. The first-order chi connectivity index (χ1) is 9.97. The summed E-state index contributed by atoms with van der Waals surface area (Å²) < 4.78 is 18.5. The number of hydrogen-bond donors (Lipinski definition) is 0. The summed E-state index contributed by atoms with van der Waals surface area (Å²) >= 11 is 0. The molecule has 0 aliphatic carbocycles. The second kappa shape index (κ2) is 8.74. The fourth-order valence-corrected chi connectivity index (χ4v) is 2.06. The molecule has 0 aliphatic heterocycles. The quantitative estimate of drug-likeness (QED) is 0.655. The van der Waals surface area contributed by atoms with Gasteiger partial charge in [0, 0.05) is 18.7 Å². The summed E-state index contributed by atoms with van der Waals surface area (Å²) in [5.74, 6) is -0.410. The summed E-state index contributed by atoms with van der Waals surface area (Å²) in [6, 6.07) is 4.35. The molecule has 0 heterocycles. The Labute approximate surface area is 126 Å². The molecule has 5 heteroatoms. The molecule has 1 aromatic carbocycles. The molecule has 0 N–H and O–H groups in total. The van der Waals surface area contributed by atoms with E-state index >= 15 is 0 Å². The molecule has 0 fully saturated rings. The molecule has 0 spiro atoms. The smallest absolute Gasteiger partial charge is 0.176 e. The number of methoxy groups -OCH3 is 1. The maximum absolute atomic E-state index is 13.7. The predicted octanol–water partition coefficient (Wildman–Crippen LogP) is 2.29. The van der Waals surface area contributed by atoms with Crippen molar-refractivity contribution in [3.05, 3.63) is 29.6 Å². The average molecular weight is 296 g/mol. The molecule has 1 aromatic rings. The zero-order valence-electron chi connectivity index (χ0n) is 13.4. The van der Waals surface area contributed by atoms with E-state index in [-0.39, 0.29) is 11.5 Å². The highest BCUT2D eigenvalue weighted by atomic mass is 19.1. The third kappa shape index (κ3) is 5.81. The van der Waals surface area contributed by atoms with E-state index in [1.807, 2.05) is 14.1 Å². The van der Waals surface area contributed by atoms with Gasteiger partial charge in [0.25, 0.3) is 0 Å². The molecule has 0 unspecified atom stereocenters. The summed E-state index contributed by atoms with van der Waals surface area (Å²) in [5.41, 5.74) is 0.388. The lowest BCUT2D eigenvalue weighted by Crippen LogP contribution is -2.36. The Bertz CT molecular complexity index is 464. The topological polar surface area (TPSA) is 32.8 Å². The van der Waals surface area contributed by atoms with Crippen LogP contribution in [0.2, 0.25) is 0 Å². The van der Waals surface area contributed by atoms with Gasteiger partial charge in [0.05, 0.1) is 13.7 Å². The van der Waals surface area contributed by atoms with Crippen LogP contribution in [0.15, 0.2) is 18.2 Å². The van der Waals surface area contributed by atoms with E-state index in [0.29, 0.717) is 12.1 Å². The van der Waals surface area contributed by atoms with Crippen LogP contribution in [0, 0.1) is 5.82 Å². The molecular weight excluding hydrogens is 271 g/mol. The number of Topliss-reactive ketones (excluding diaryl/α,β-unsaturated/α-hetero) is 1. The average Bonchev–Trinajstić information content (AvgIpc) is 2.44. The maximum Gasteiger partial charge on any atom is 0.176 e. The zero-order valence-corrected chi connectivity index (χ0v) is 13.4. The van der Waals surface area contributed by atoms with Crippen molar-refractivity contribution in [1.29, 1.82) is 0 Å². The van der Waals surface area contributed by atoms with Crippen LogP contribution in [0.25, 0.3) is 0 Å². The number of carbonyl (C=O) groups excluding carboxylic acids is 1. The minimum Gasteiger partial charge on any atom is -0.494 e. The first-order valence-electron chi connectivity index (χ1n) is 7.21. The minimum atomic E-state index is -0.501. The van der Waals surface area contributed by atoms with Crippen LogP contribution in [0.3, 0.4) is 0 Å². The van der Waals surface area contributed by atoms with Crippen LogP contribution >= 0.6 is 0 Å². The van der Waals surface area contributed by atoms with Crippen LogP contribution in [-0.2, 0) is 0 Å². The molecule has 0 bridgehead atoms. The molecule has 0 radical (unpaired) electrons. The molecule has 0 saturated carbocycles. The number of ether oxygens (including phenoxy) is 1. The van der Waals surface area contributed by atoms with Gasteiger partial charge in [0.1, 0.15) is 0 Å². The summed E-state index contributed by atoms with van der Waals surface area (Å²) in [4.78, 5) is 16.4. The van der Waals surface area contributed by atoms with Gasteiger partial charge < -0.3 is 9.64 Å². The van der Waals surface area contributed by atoms with Crippen LogP contribution in [0.4, 0.5) is 4.39 Å². The van der Waals surface area contributed by atoms with E-state index in [1.54, 1.807) is 6.07 Å². The highest BCUT2D eigenvalue weighted by molar-refractivity contribution is 5.97. The van der Waals surface area contributed by atoms with Gasteiger partial charge in [-0.3, -0.25) is 9.69 Å². The predicted molar refractivity (Wildman–Crippen MR) is 82.6 cm³/mol. The van der Waals surface area contributed by atoms with Crippen molar-refractivity contribution in [3.8, 4) is 5.75 Å². The van der Waals surface area contributed by atoms with Gasteiger partial charge in [-0.05, 0) is 45.3 Å². The summed E-state index contributed by atoms with van der Waals surface area (Å²) in [6.45, 7) is 4.97. The van der Waals surface area contributed by atoms with Gasteiger partial charge in [-0.25, -0.2) is 4.39 Å². The van der Waals surface area contributed by atoms with Gasteiger partial charge in [0.2, 0.25) is 0 Å². The number of hydrogen-bond acceptors (Lipinski definition) is 4. The van der Waals surface area contributed by atoms with Crippen LogP contribution < -0.4 is 4.74 Å². The molecule has 0 atom stereocenters. The van der Waals surface area contributed by atoms with E-state index in [9.17, 15) is 9.18 Å². The normalized spacial score (nSPS) is 11.2. The first kappa shape index (κ1) is 17.6. The SMILES string of the molecule is CCCN(CCN(C)C)CC(=O)c1ccc(OC)c(F)c1. The second-order valence-corrected chi connectivity index (χ2v) is 5.35. The Morgan fingerprint density at radius 2 is 1.95 bits per heavy atom. The number of ketones is 1. The number of carbonyl (C=O) groups is 1. The Balaban J connectivity index is 2.69. The van der Waals surface area contributed by atoms with Crippen molar-refractivity contribution < 1.29 is 13.9 Å². The number of halogens is 1. The van der Waals surface area contributed by atoms with Crippen molar-refractivity contribution in [2.75, 3.05) is 47.4 Å². The number of nitrogens with zero attached hydrogens (tertiary/aromatic N) is 2. The molecule has 0 aliphatic rings. The third-order valence-corrected chi connectivity index (χ3v) is 3.24. The molecular formula is C16H25FN2O2. The molecule has 0 aromatic heterocycles. The number of rotatable bonds is 9. The molecule has 0 saturated heterocycles. The third-order valence-electron chi connectivity index (χ3n) is 3.24. The van der Waals surface area contributed by atoms with Crippen LogP contribution in [-0.4, -0.2) is 63.0 Å². The van der Waals surface area contributed by atoms with Gasteiger partial charge in [-0.15, -0.1) is 0 Å². The maximum atomic E-state index is 13.7. The van der Waals surface area contributed by atoms with Gasteiger partial charge in [0.15, 0.2) is 17.3 Å². The fraction of sp³-hybridized carbons (Fsp3) is 0.562. The summed E-state index contributed by atoms with van der Waals surface area (Å²) in [6.07, 6.45) is 0.984. The van der Waals surface area contributed by atoms with Crippen molar-refractivity contribution in [2.24, 2.45) is 0 Å². The fourth-order valence-electron chi connectivity index (χ4n) is 2.06. The standard InChI is InChI=1S/C16H25FN2O2/c1-5-8-19(10-9-18(2)3)12-15(20)13-6-7-16(21-4)14(17)11-13/h6-7,11H,5,8-10,12H2,1-4H3. The van der Waals surface area contributed by atoms with Crippen molar-refractivity contribution in [1.82, 2.24) is 9.80 Å². The Kier molecular flexibility index (Phi) is 7.32. The van der Waals surface area contributed by atoms with Crippen molar-refractivity contribution in [3.63, 3.8) is 0 Å². The molecule has 4 nitrogen and oxygen atoms in total. The number of likely N-dealkylation sites (N-methyl/N-ethyl adjacent to an activating group) is 1. The lowest BCUT2D eigenvalue weighted by Gasteiger charge is -2.22.